The third-order valence-electron chi connectivity index (χ3n) is 4.83. The largest absolute Gasteiger partial charge is 0.496 e. The molecular formula is C24H26N4O2. The molecule has 0 saturated carbocycles. The van der Waals surface area contributed by atoms with Gasteiger partial charge in [0, 0.05) is 17.8 Å². The van der Waals surface area contributed by atoms with Crippen molar-refractivity contribution in [2.75, 3.05) is 12.4 Å². The van der Waals surface area contributed by atoms with Crippen molar-refractivity contribution in [2.24, 2.45) is 5.73 Å². The lowest BCUT2D eigenvalue weighted by molar-refractivity contribution is -0.122. The summed E-state index contributed by atoms with van der Waals surface area (Å²) in [5.74, 6) is 0.636. The lowest BCUT2D eigenvalue weighted by Crippen LogP contribution is -2.33. The summed E-state index contributed by atoms with van der Waals surface area (Å²) in [7, 11) is 1.63. The van der Waals surface area contributed by atoms with Gasteiger partial charge in [0.05, 0.1) is 7.11 Å². The number of amides is 1. The van der Waals surface area contributed by atoms with Crippen molar-refractivity contribution >= 4 is 17.4 Å². The van der Waals surface area contributed by atoms with Crippen molar-refractivity contribution < 1.29 is 9.53 Å². The van der Waals surface area contributed by atoms with Crippen molar-refractivity contribution in [3.8, 4) is 5.75 Å². The molecule has 0 saturated heterocycles. The van der Waals surface area contributed by atoms with Gasteiger partial charge in [-0.05, 0) is 60.0 Å². The first-order valence-electron chi connectivity index (χ1n) is 9.65. The Morgan fingerprint density at radius 3 is 2.37 bits per heavy atom. The highest BCUT2D eigenvalue weighted by Gasteiger charge is 2.21. The van der Waals surface area contributed by atoms with Crippen LogP contribution in [0.15, 0.2) is 72.8 Å². The first kappa shape index (κ1) is 20.9. The van der Waals surface area contributed by atoms with Gasteiger partial charge in [-0.1, -0.05) is 36.4 Å². The van der Waals surface area contributed by atoms with Crippen LogP contribution in [0.1, 0.15) is 28.3 Å². The minimum Gasteiger partial charge on any atom is -0.496 e. The molecule has 6 nitrogen and oxygen atoms in total. The average molecular weight is 402 g/mol. The Balaban J connectivity index is 1.84. The Labute approximate surface area is 176 Å². The molecule has 1 atom stereocenters. The van der Waals surface area contributed by atoms with Crippen LogP contribution in [0.25, 0.3) is 0 Å². The normalized spacial score (nSPS) is 11.4. The van der Waals surface area contributed by atoms with Crippen molar-refractivity contribution in [2.45, 2.75) is 19.5 Å². The maximum Gasteiger partial charge on any atom is 0.247 e. The molecule has 6 heteroatoms. The zero-order chi connectivity index (χ0) is 21.5. The number of nitrogen functional groups attached to an aromatic ring is 1. The summed E-state index contributed by atoms with van der Waals surface area (Å²) in [6, 6.07) is 22.0. The predicted octanol–water partition coefficient (Wildman–Crippen LogP) is 3.76. The number of rotatable bonds is 8. The summed E-state index contributed by atoms with van der Waals surface area (Å²) in [6.07, 6.45) is 0. The van der Waals surface area contributed by atoms with Crippen LogP contribution in [0.2, 0.25) is 0 Å². The van der Waals surface area contributed by atoms with Crippen LogP contribution in [0.4, 0.5) is 5.69 Å². The predicted molar refractivity (Wildman–Crippen MR) is 120 cm³/mol. The number of carbonyl (C=O) groups is 1. The number of benzene rings is 3. The molecule has 0 heterocycles. The van der Waals surface area contributed by atoms with E-state index in [2.05, 4.69) is 10.6 Å². The fourth-order valence-electron chi connectivity index (χ4n) is 3.18. The summed E-state index contributed by atoms with van der Waals surface area (Å²) in [6.45, 7) is 2.39. The number of anilines is 1. The Kier molecular flexibility index (Phi) is 6.70. The molecule has 3 aromatic rings. The molecule has 0 aliphatic rings. The van der Waals surface area contributed by atoms with Crippen LogP contribution in [0, 0.1) is 12.3 Å². The molecule has 0 spiro atoms. The highest BCUT2D eigenvalue weighted by molar-refractivity contribution is 5.95. The van der Waals surface area contributed by atoms with Gasteiger partial charge < -0.3 is 21.1 Å². The van der Waals surface area contributed by atoms with Gasteiger partial charge >= 0.3 is 0 Å². The molecule has 0 fully saturated rings. The number of carbonyl (C=O) groups excluding carboxylic acids is 1. The van der Waals surface area contributed by atoms with E-state index in [1.807, 2.05) is 67.6 Å². The number of hydrogen-bond acceptors (Lipinski definition) is 4. The van der Waals surface area contributed by atoms with E-state index in [1.54, 1.807) is 19.2 Å². The van der Waals surface area contributed by atoms with Crippen molar-refractivity contribution in [3.63, 3.8) is 0 Å². The van der Waals surface area contributed by atoms with Crippen molar-refractivity contribution in [3.05, 3.63) is 95.1 Å². The summed E-state index contributed by atoms with van der Waals surface area (Å²) in [5.41, 5.74) is 9.72. The second-order valence-corrected chi connectivity index (χ2v) is 7.00. The van der Waals surface area contributed by atoms with Crippen LogP contribution in [0.5, 0.6) is 5.75 Å². The Hall–Kier alpha value is -3.80. The second-order valence-electron chi connectivity index (χ2n) is 7.00. The third kappa shape index (κ3) is 5.17. The van der Waals surface area contributed by atoms with Crippen LogP contribution in [-0.4, -0.2) is 18.9 Å². The Morgan fingerprint density at radius 1 is 1.07 bits per heavy atom. The van der Waals surface area contributed by atoms with Gasteiger partial charge in [0.15, 0.2) is 0 Å². The molecule has 30 heavy (non-hydrogen) atoms. The number of aryl methyl sites for hydroxylation is 1. The molecule has 5 N–H and O–H groups in total. The van der Waals surface area contributed by atoms with Crippen LogP contribution in [0.3, 0.4) is 0 Å². The lowest BCUT2D eigenvalue weighted by atomic mass is 10.0. The SMILES string of the molecule is COc1ccc([C@@H](Nc2ccc(C(=N)N)cc2)C(=O)NCc2ccccc2)cc1C. The monoisotopic (exact) mass is 402 g/mol. The van der Waals surface area contributed by atoms with E-state index in [4.69, 9.17) is 15.9 Å². The zero-order valence-electron chi connectivity index (χ0n) is 17.1. The summed E-state index contributed by atoms with van der Waals surface area (Å²) >= 11 is 0. The van der Waals surface area contributed by atoms with Crippen LogP contribution < -0.4 is 21.1 Å². The number of nitrogens with one attached hydrogen (secondary N) is 3. The molecule has 0 aliphatic carbocycles. The first-order valence-corrected chi connectivity index (χ1v) is 9.65. The topological polar surface area (TPSA) is 100 Å². The van der Waals surface area contributed by atoms with Crippen molar-refractivity contribution in [1.29, 1.82) is 5.41 Å². The maximum absolute atomic E-state index is 13.1. The van der Waals surface area contributed by atoms with Gasteiger partial charge in [-0.2, -0.15) is 0 Å². The molecule has 0 bridgehead atoms. The smallest absolute Gasteiger partial charge is 0.247 e. The van der Waals surface area contributed by atoms with Crippen molar-refractivity contribution in [1.82, 2.24) is 5.32 Å². The van der Waals surface area contributed by atoms with Gasteiger partial charge in [0.2, 0.25) is 5.91 Å². The van der Waals surface area contributed by atoms with E-state index in [1.165, 1.54) is 0 Å². The maximum atomic E-state index is 13.1. The van der Waals surface area contributed by atoms with E-state index in [9.17, 15) is 4.79 Å². The number of amidine groups is 1. The quantitative estimate of drug-likeness (QED) is 0.340. The summed E-state index contributed by atoms with van der Waals surface area (Å²) in [4.78, 5) is 13.1. The number of nitrogens with two attached hydrogens (primary N) is 1. The van der Waals surface area contributed by atoms with Gasteiger partial charge in [-0.25, -0.2) is 0 Å². The minimum atomic E-state index is -0.596. The van der Waals surface area contributed by atoms with E-state index < -0.39 is 6.04 Å². The fourth-order valence-corrected chi connectivity index (χ4v) is 3.18. The first-order chi connectivity index (χ1) is 14.5. The highest BCUT2D eigenvalue weighted by atomic mass is 16.5. The summed E-state index contributed by atoms with van der Waals surface area (Å²) in [5, 5.41) is 13.8. The highest BCUT2D eigenvalue weighted by Crippen LogP contribution is 2.26. The average Bonchev–Trinajstić information content (AvgIpc) is 2.76. The van der Waals surface area contributed by atoms with E-state index in [0.29, 0.717) is 12.1 Å². The molecule has 0 unspecified atom stereocenters. The van der Waals surface area contributed by atoms with Gasteiger partial charge in [-0.3, -0.25) is 10.2 Å². The summed E-state index contributed by atoms with van der Waals surface area (Å²) < 4.78 is 5.35. The second kappa shape index (κ2) is 9.60. The van der Waals surface area contributed by atoms with Gasteiger partial charge in [0.25, 0.3) is 0 Å². The van der Waals surface area contributed by atoms with Gasteiger partial charge in [-0.15, -0.1) is 0 Å². The molecule has 0 aromatic heterocycles. The van der Waals surface area contributed by atoms with Gasteiger partial charge in [0.1, 0.15) is 17.6 Å². The van der Waals surface area contributed by atoms with Crippen LogP contribution in [-0.2, 0) is 11.3 Å². The van der Waals surface area contributed by atoms with E-state index in [-0.39, 0.29) is 11.7 Å². The molecule has 3 rings (SSSR count). The zero-order valence-corrected chi connectivity index (χ0v) is 17.1. The third-order valence-corrected chi connectivity index (χ3v) is 4.83. The lowest BCUT2D eigenvalue weighted by Gasteiger charge is -2.21. The number of methoxy groups -OCH3 is 1. The molecule has 154 valence electrons. The molecule has 3 aromatic carbocycles. The van der Waals surface area contributed by atoms with E-state index in [0.717, 1.165) is 28.1 Å². The number of hydrogen-bond donors (Lipinski definition) is 4. The standard InChI is InChI=1S/C24H26N4O2/c1-16-14-19(10-13-21(16)30-2)22(24(29)27-15-17-6-4-3-5-7-17)28-20-11-8-18(9-12-20)23(25)26/h3-14,22,28H,15H2,1-2H3,(H3,25,26)(H,27,29)/t22-/m1/s1. The van der Waals surface area contributed by atoms with Crippen LogP contribution >= 0.6 is 0 Å². The molecule has 1 amide bonds. The minimum absolute atomic E-state index is 0.00415. The van der Waals surface area contributed by atoms with E-state index >= 15 is 0 Å². The fraction of sp³-hybridized carbons (Fsp3) is 0.167. The number of ether oxygens (including phenoxy) is 1. The Bertz CT molecular complexity index is 1020. The Morgan fingerprint density at radius 2 is 1.77 bits per heavy atom. The molecule has 0 radical (unpaired) electrons. The molecular weight excluding hydrogens is 376 g/mol. The molecule has 0 aliphatic heterocycles.